The molecule has 0 aromatic heterocycles. The van der Waals surface area contributed by atoms with Crippen molar-refractivity contribution in [2.24, 2.45) is 0 Å². The van der Waals surface area contributed by atoms with E-state index in [1.165, 1.54) is 30.5 Å². The van der Waals surface area contributed by atoms with Gasteiger partial charge in [-0.2, -0.15) is 0 Å². The molecule has 0 saturated carbocycles. The number of quaternary nitrogens is 1. The van der Waals surface area contributed by atoms with Crippen LogP contribution in [0, 0.1) is 0 Å². The average Bonchev–Trinajstić information content (AvgIpc) is 2.40. The molecule has 2 rings (SSSR count). The van der Waals surface area contributed by atoms with Crippen molar-refractivity contribution in [2.45, 2.75) is 19.4 Å². The molecule has 0 unspecified atom stereocenters. The minimum atomic E-state index is 1.05. The Morgan fingerprint density at radius 3 is 1.84 bits per heavy atom. The molecule has 0 atom stereocenters. The lowest BCUT2D eigenvalue weighted by molar-refractivity contribution is -0.903. The topological polar surface area (TPSA) is 0 Å². The Labute approximate surface area is 117 Å². The van der Waals surface area contributed by atoms with Gasteiger partial charge >= 0.3 is 0 Å². The maximum atomic E-state index is 2.32. The minimum Gasteiger partial charge on any atom is -0.325 e. The number of benzene rings is 2. The zero-order valence-electron chi connectivity index (χ0n) is 12.0. The molecule has 0 amide bonds. The van der Waals surface area contributed by atoms with Crippen molar-refractivity contribution in [1.82, 2.24) is 0 Å². The van der Waals surface area contributed by atoms with Gasteiger partial charge in [-0.25, -0.2) is 0 Å². The first kappa shape index (κ1) is 13.8. The van der Waals surface area contributed by atoms with Gasteiger partial charge in [0.1, 0.15) is 6.54 Å². The number of nitrogens with zero attached hydrogens (tertiary/aromatic N) is 1. The molecule has 0 fully saturated rings. The number of hydrogen-bond donors (Lipinski definition) is 0. The maximum absolute atomic E-state index is 2.32. The monoisotopic (exact) mass is 254 g/mol. The SMILES string of the molecule is C[N+](C)(CCCc1ccccc1)Cc1ccccc1. The standard InChI is InChI=1S/C18H24N/c1-19(2,16-18-12-7-4-8-13-18)15-9-14-17-10-5-3-6-11-17/h3-8,10-13H,9,14-16H2,1-2H3/q+1. The second-order valence-corrected chi connectivity index (χ2v) is 5.89. The summed E-state index contributed by atoms with van der Waals surface area (Å²) < 4.78 is 1.05. The fourth-order valence-corrected chi connectivity index (χ4v) is 2.51. The molecule has 0 radical (unpaired) electrons. The number of hydrogen-bond acceptors (Lipinski definition) is 0. The molecule has 0 aliphatic carbocycles. The second-order valence-electron chi connectivity index (χ2n) is 5.89. The molecule has 0 spiro atoms. The molecule has 1 heteroatoms. The van der Waals surface area contributed by atoms with Crippen molar-refractivity contribution in [3.05, 3.63) is 71.8 Å². The summed E-state index contributed by atoms with van der Waals surface area (Å²) in [6.45, 7) is 2.32. The van der Waals surface area contributed by atoms with Crippen LogP contribution in [0.5, 0.6) is 0 Å². The zero-order valence-corrected chi connectivity index (χ0v) is 12.0. The molecule has 0 heterocycles. The van der Waals surface area contributed by atoms with Crippen molar-refractivity contribution in [2.75, 3.05) is 20.6 Å². The summed E-state index contributed by atoms with van der Waals surface area (Å²) in [6, 6.07) is 21.5. The van der Waals surface area contributed by atoms with Crippen LogP contribution < -0.4 is 0 Å². The highest BCUT2D eigenvalue weighted by atomic mass is 15.3. The third-order valence-electron chi connectivity index (χ3n) is 3.53. The van der Waals surface area contributed by atoms with E-state index in [2.05, 4.69) is 74.8 Å². The van der Waals surface area contributed by atoms with Crippen molar-refractivity contribution >= 4 is 0 Å². The van der Waals surface area contributed by atoms with Gasteiger partial charge in [0.15, 0.2) is 0 Å². The van der Waals surface area contributed by atoms with E-state index in [9.17, 15) is 0 Å². The Hall–Kier alpha value is -1.60. The molecule has 0 aliphatic rings. The van der Waals surface area contributed by atoms with Crippen molar-refractivity contribution in [3.8, 4) is 0 Å². The lowest BCUT2D eigenvalue weighted by Crippen LogP contribution is -2.39. The van der Waals surface area contributed by atoms with Gasteiger partial charge in [-0.05, 0) is 12.0 Å². The van der Waals surface area contributed by atoms with Crippen LogP contribution in [0.3, 0.4) is 0 Å². The molecule has 2 aromatic rings. The Bertz CT molecular complexity index is 474. The maximum Gasteiger partial charge on any atom is 0.104 e. The molecule has 1 nitrogen and oxygen atoms in total. The van der Waals surface area contributed by atoms with E-state index in [-0.39, 0.29) is 0 Å². The van der Waals surface area contributed by atoms with E-state index in [1.807, 2.05) is 0 Å². The Kier molecular flexibility index (Phi) is 4.75. The summed E-state index contributed by atoms with van der Waals surface area (Å²) in [4.78, 5) is 0. The Morgan fingerprint density at radius 2 is 1.26 bits per heavy atom. The van der Waals surface area contributed by atoms with Crippen LogP contribution >= 0.6 is 0 Å². The van der Waals surface area contributed by atoms with Gasteiger partial charge in [-0.15, -0.1) is 0 Å². The highest BCUT2D eigenvalue weighted by Crippen LogP contribution is 2.11. The normalized spacial score (nSPS) is 11.5. The molecule has 0 N–H and O–H groups in total. The molecule has 0 aliphatic heterocycles. The summed E-state index contributed by atoms with van der Waals surface area (Å²) in [6.07, 6.45) is 2.42. The first-order chi connectivity index (χ1) is 9.16. The number of rotatable bonds is 6. The summed E-state index contributed by atoms with van der Waals surface area (Å²) in [5, 5.41) is 0. The minimum absolute atomic E-state index is 1.05. The molecular weight excluding hydrogens is 230 g/mol. The molecule has 0 bridgehead atoms. The van der Waals surface area contributed by atoms with Crippen LogP contribution in [-0.4, -0.2) is 25.1 Å². The first-order valence-corrected chi connectivity index (χ1v) is 7.06. The van der Waals surface area contributed by atoms with E-state index < -0.39 is 0 Å². The van der Waals surface area contributed by atoms with Gasteiger partial charge in [-0.1, -0.05) is 60.7 Å². The fourth-order valence-electron chi connectivity index (χ4n) is 2.51. The van der Waals surface area contributed by atoms with E-state index in [1.54, 1.807) is 0 Å². The van der Waals surface area contributed by atoms with E-state index in [4.69, 9.17) is 0 Å². The largest absolute Gasteiger partial charge is 0.325 e. The first-order valence-electron chi connectivity index (χ1n) is 7.06. The lowest BCUT2D eigenvalue weighted by Gasteiger charge is -2.30. The van der Waals surface area contributed by atoms with Gasteiger partial charge in [0, 0.05) is 12.0 Å². The molecular formula is C18H24N+. The van der Waals surface area contributed by atoms with Crippen LogP contribution in [0.15, 0.2) is 60.7 Å². The quantitative estimate of drug-likeness (QED) is 0.686. The van der Waals surface area contributed by atoms with Crippen LogP contribution in [0.25, 0.3) is 0 Å². The average molecular weight is 254 g/mol. The van der Waals surface area contributed by atoms with Gasteiger partial charge in [-0.3, -0.25) is 0 Å². The van der Waals surface area contributed by atoms with Crippen molar-refractivity contribution < 1.29 is 4.48 Å². The predicted octanol–water partition coefficient (Wildman–Crippen LogP) is 3.90. The summed E-state index contributed by atoms with van der Waals surface area (Å²) >= 11 is 0. The summed E-state index contributed by atoms with van der Waals surface area (Å²) in [7, 11) is 4.63. The predicted molar refractivity (Wildman–Crippen MR) is 81.9 cm³/mol. The molecule has 100 valence electrons. The molecule has 2 aromatic carbocycles. The van der Waals surface area contributed by atoms with Gasteiger partial charge < -0.3 is 4.48 Å². The van der Waals surface area contributed by atoms with Crippen LogP contribution in [-0.2, 0) is 13.0 Å². The lowest BCUT2D eigenvalue weighted by atomic mass is 10.1. The Balaban J connectivity index is 1.81. The van der Waals surface area contributed by atoms with Crippen molar-refractivity contribution in [1.29, 1.82) is 0 Å². The third kappa shape index (κ3) is 4.88. The Morgan fingerprint density at radius 1 is 0.737 bits per heavy atom. The van der Waals surface area contributed by atoms with E-state index in [0.29, 0.717) is 0 Å². The van der Waals surface area contributed by atoms with Crippen LogP contribution in [0.2, 0.25) is 0 Å². The van der Waals surface area contributed by atoms with Crippen LogP contribution in [0.1, 0.15) is 17.5 Å². The number of aryl methyl sites for hydroxylation is 1. The molecule has 0 saturated heterocycles. The van der Waals surface area contributed by atoms with Crippen LogP contribution in [0.4, 0.5) is 0 Å². The molecule has 19 heavy (non-hydrogen) atoms. The van der Waals surface area contributed by atoms with E-state index in [0.717, 1.165) is 11.0 Å². The highest BCUT2D eigenvalue weighted by molar-refractivity contribution is 5.15. The summed E-state index contributed by atoms with van der Waals surface area (Å²) in [5.41, 5.74) is 2.87. The zero-order chi connectivity index (χ0) is 13.6. The third-order valence-corrected chi connectivity index (χ3v) is 3.53. The van der Waals surface area contributed by atoms with Crippen molar-refractivity contribution in [3.63, 3.8) is 0 Å². The van der Waals surface area contributed by atoms with Gasteiger partial charge in [0.2, 0.25) is 0 Å². The highest BCUT2D eigenvalue weighted by Gasteiger charge is 2.15. The van der Waals surface area contributed by atoms with Gasteiger partial charge in [0.05, 0.1) is 20.6 Å². The smallest absolute Gasteiger partial charge is 0.104 e. The summed E-state index contributed by atoms with van der Waals surface area (Å²) in [5.74, 6) is 0. The second kappa shape index (κ2) is 6.53. The van der Waals surface area contributed by atoms with Gasteiger partial charge in [0.25, 0.3) is 0 Å². The fraction of sp³-hybridized carbons (Fsp3) is 0.333. The van der Waals surface area contributed by atoms with E-state index >= 15 is 0 Å².